The van der Waals surface area contributed by atoms with Gasteiger partial charge in [-0.25, -0.2) is 4.98 Å². The third kappa shape index (κ3) is 3.12. The fourth-order valence-corrected chi connectivity index (χ4v) is 3.35. The highest BCUT2D eigenvalue weighted by Crippen LogP contribution is 2.32. The smallest absolute Gasteiger partial charge is 0.284 e. The molecule has 0 aliphatic heterocycles. The highest BCUT2D eigenvalue weighted by molar-refractivity contribution is 7.22. The van der Waals surface area contributed by atoms with Crippen molar-refractivity contribution in [3.05, 3.63) is 59.7 Å². The number of thiazole rings is 1. The number of fused-ring (bicyclic) bond motifs is 1. The van der Waals surface area contributed by atoms with Crippen molar-refractivity contribution in [1.82, 2.24) is 4.98 Å². The summed E-state index contributed by atoms with van der Waals surface area (Å²) >= 11 is 1.33. The number of carbonyl (C=O) groups excluding carboxylic acids is 1. The summed E-state index contributed by atoms with van der Waals surface area (Å²) in [6.45, 7) is 2.08. The highest BCUT2D eigenvalue weighted by atomic mass is 32.1. The Morgan fingerprint density at radius 2 is 1.92 bits per heavy atom. The van der Waals surface area contributed by atoms with E-state index in [1.807, 2.05) is 24.3 Å². The van der Waals surface area contributed by atoms with Crippen molar-refractivity contribution in [3.63, 3.8) is 0 Å². The van der Waals surface area contributed by atoms with Crippen LogP contribution in [0.1, 0.15) is 22.8 Å². The lowest BCUT2D eigenvalue weighted by Gasteiger charge is -2.18. The summed E-state index contributed by atoms with van der Waals surface area (Å²) in [5.41, 5.74) is -0.0903. The average molecular weight is 350 g/mol. The molecule has 0 saturated carbocycles. The quantitative estimate of drug-likeness (QED) is 0.667. The molecule has 0 bridgehead atoms. The molecule has 0 atom stereocenters. The Bertz CT molecular complexity index is 856. The Hall–Kier alpha value is -2.41. The first kappa shape index (κ1) is 16.4. The van der Waals surface area contributed by atoms with Gasteiger partial charge in [-0.05, 0) is 37.3 Å². The molecule has 0 aliphatic carbocycles. The molecule has 124 valence electrons. The van der Waals surface area contributed by atoms with Gasteiger partial charge in [0.15, 0.2) is 5.13 Å². The zero-order valence-corrected chi connectivity index (χ0v) is 13.5. The molecular weight excluding hydrogens is 337 g/mol. The van der Waals surface area contributed by atoms with Gasteiger partial charge in [0.1, 0.15) is 0 Å². The van der Waals surface area contributed by atoms with Crippen LogP contribution >= 0.6 is 11.3 Å². The SMILES string of the molecule is CCN(C(=O)c1cccc(C(F)(F)F)c1)c1nc2ccccc2s1. The van der Waals surface area contributed by atoms with Crippen LogP contribution < -0.4 is 4.90 Å². The maximum atomic E-state index is 12.8. The molecule has 7 heteroatoms. The largest absolute Gasteiger partial charge is 0.416 e. The lowest BCUT2D eigenvalue weighted by molar-refractivity contribution is -0.137. The summed E-state index contributed by atoms with van der Waals surface area (Å²) in [6.07, 6.45) is -4.48. The maximum absolute atomic E-state index is 12.8. The highest BCUT2D eigenvalue weighted by Gasteiger charge is 2.31. The van der Waals surface area contributed by atoms with Gasteiger partial charge in [0.05, 0.1) is 15.8 Å². The Morgan fingerprint density at radius 3 is 2.58 bits per heavy atom. The molecule has 0 saturated heterocycles. The lowest BCUT2D eigenvalue weighted by Crippen LogP contribution is -2.30. The van der Waals surface area contributed by atoms with E-state index >= 15 is 0 Å². The summed E-state index contributed by atoms with van der Waals surface area (Å²) in [4.78, 5) is 18.4. The molecule has 1 heterocycles. The number of carbonyl (C=O) groups is 1. The van der Waals surface area contributed by atoms with Crippen LogP contribution in [-0.2, 0) is 6.18 Å². The number of hydrogen-bond acceptors (Lipinski definition) is 3. The Labute approximate surface area is 140 Å². The van der Waals surface area contributed by atoms with Crippen molar-refractivity contribution in [2.75, 3.05) is 11.4 Å². The van der Waals surface area contributed by atoms with Gasteiger partial charge in [-0.2, -0.15) is 13.2 Å². The molecule has 3 aromatic rings. The summed E-state index contributed by atoms with van der Waals surface area (Å²) < 4.78 is 39.4. The van der Waals surface area contributed by atoms with E-state index in [2.05, 4.69) is 4.98 Å². The van der Waals surface area contributed by atoms with E-state index in [0.717, 1.165) is 22.3 Å². The van der Waals surface area contributed by atoms with Crippen LogP contribution in [0.15, 0.2) is 48.5 Å². The first-order valence-corrected chi connectivity index (χ1v) is 8.06. The number of amides is 1. The van der Waals surface area contributed by atoms with Crippen LogP contribution in [0.25, 0.3) is 10.2 Å². The van der Waals surface area contributed by atoms with E-state index < -0.39 is 17.6 Å². The van der Waals surface area contributed by atoms with Crippen LogP contribution in [-0.4, -0.2) is 17.4 Å². The van der Waals surface area contributed by atoms with Crippen LogP contribution in [0.5, 0.6) is 0 Å². The minimum Gasteiger partial charge on any atom is -0.284 e. The predicted molar refractivity (Wildman–Crippen MR) is 88.4 cm³/mol. The molecule has 3 nitrogen and oxygen atoms in total. The van der Waals surface area contributed by atoms with Crippen LogP contribution in [0, 0.1) is 0 Å². The van der Waals surface area contributed by atoms with Gasteiger partial charge in [-0.3, -0.25) is 9.69 Å². The lowest BCUT2D eigenvalue weighted by atomic mass is 10.1. The molecule has 0 spiro atoms. The molecule has 0 aliphatic rings. The average Bonchev–Trinajstić information content (AvgIpc) is 2.98. The third-order valence-electron chi connectivity index (χ3n) is 3.51. The van der Waals surface area contributed by atoms with Crippen molar-refractivity contribution < 1.29 is 18.0 Å². The van der Waals surface area contributed by atoms with Gasteiger partial charge < -0.3 is 0 Å². The van der Waals surface area contributed by atoms with Crippen LogP contribution in [0.4, 0.5) is 18.3 Å². The zero-order chi connectivity index (χ0) is 17.3. The normalized spacial score (nSPS) is 11.7. The van der Waals surface area contributed by atoms with Gasteiger partial charge in [-0.15, -0.1) is 0 Å². The third-order valence-corrected chi connectivity index (χ3v) is 4.57. The minimum absolute atomic E-state index is 0.00840. The van der Waals surface area contributed by atoms with Crippen molar-refractivity contribution in [2.24, 2.45) is 0 Å². The molecule has 1 aromatic heterocycles. The molecule has 1 amide bonds. The number of para-hydroxylation sites is 1. The van der Waals surface area contributed by atoms with Gasteiger partial charge in [-0.1, -0.05) is 29.5 Å². The summed E-state index contributed by atoms with van der Waals surface area (Å²) in [6, 6.07) is 11.9. The van der Waals surface area contributed by atoms with E-state index in [1.165, 1.54) is 28.4 Å². The first-order valence-electron chi connectivity index (χ1n) is 7.25. The fourth-order valence-electron chi connectivity index (χ4n) is 2.33. The van der Waals surface area contributed by atoms with Crippen molar-refractivity contribution in [3.8, 4) is 0 Å². The summed E-state index contributed by atoms with van der Waals surface area (Å²) in [7, 11) is 0. The fraction of sp³-hybridized carbons (Fsp3) is 0.176. The minimum atomic E-state index is -4.48. The number of halogens is 3. The van der Waals surface area contributed by atoms with Crippen molar-refractivity contribution in [1.29, 1.82) is 0 Å². The standard InChI is InChI=1S/C17H13F3N2OS/c1-2-22(16-21-13-8-3-4-9-14(13)24-16)15(23)11-6-5-7-12(10-11)17(18,19)20/h3-10H,2H2,1H3. The number of rotatable bonds is 3. The Kier molecular flexibility index (Phi) is 4.28. The van der Waals surface area contributed by atoms with Gasteiger partial charge in [0.2, 0.25) is 0 Å². The van der Waals surface area contributed by atoms with Gasteiger partial charge in [0.25, 0.3) is 5.91 Å². The zero-order valence-electron chi connectivity index (χ0n) is 12.7. The second-order valence-electron chi connectivity index (χ2n) is 5.09. The molecular formula is C17H13F3N2OS. The molecule has 0 unspecified atom stereocenters. The molecule has 0 fully saturated rings. The summed E-state index contributed by atoms with van der Waals surface area (Å²) in [5, 5.41) is 0.473. The summed E-state index contributed by atoms with van der Waals surface area (Å²) in [5.74, 6) is -0.498. The number of hydrogen-bond donors (Lipinski definition) is 0. The first-order chi connectivity index (χ1) is 11.4. The van der Waals surface area contributed by atoms with E-state index in [4.69, 9.17) is 0 Å². The van der Waals surface area contributed by atoms with Crippen molar-refractivity contribution >= 4 is 32.6 Å². The second-order valence-corrected chi connectivity index (χ2v) is 6.10. The van der Waals surface area contributed by atoms with E-state index in [-0.39, 0.29) is 5.56 Å². The van der Waals surface area contributed by atoms with E-state index in [1.54, 1.807) is 6.92 Å². The Morgan fingerprint density at radius 1 is 1.17 bits per heavy atom. The monoisotopic (exact) mass is 350 g/mol. The number of anilines is 1. The molecule has 2 aromatic carbocycles. The van der Waals surface area contributed by atoms with Crippen molar-refractivity contribution in [2.45, 2.75) is 13.1 Å². The van der Waals surface area contributed by atoms with E-state index in [9.17, 15) is 18.0 Å². The van der Waals surface area contributed by atoms with Crippen LogP contribution in [0.2, 0.25) is 0 Å². The second kappa shape index (κ2) is 6.24. The predicted octanol–water partition coefficient (Wildman–Crippen LogP) is 4.98. The number of aromatic nitrogens is 1. The topological polar surface area (TPSA) is 33.2 Å². The number of alkyl halides is 3. The number of nitrogens with zero attached hydrogens (tertiary/aromatic N) is 2. The van der Waals surface area contributed by atoms with E-state index in [0.29, 0.717) is 11.7 Å². The molecule has 0 N–H and O–H groups in total. The van der Waals surface area contributed by atoms with Crippen LogP contribution in [0.3, 0.4) is 0 Å². The van der Waals surface area contributed by atoms with Gasteiger partial charge in [0, 0.05) is 12.1 Å². The number of benzene rings is 2. The molecule has 24 heavy (non-hydrogen) atoms. The maximum Gasteiger partial charge on any atom is 0.416 e. The molecule has 3 rings (SSSR count). The van der Waals surface area contributed by atoms with Gasteiger partial charge >= 0.3 is 6.18 Å². The Balaban J connectivity index is 1.97. The molecule has 0 radical (unpaired) electrons.